The summed E-state index contributed by atoms with van der Waals surface area (Å²) in [6.07, 6.45) is 3.63. The molecule has 3 N–H and O–H groups in total. The van der Waals surface area contributed by atoms with E-state index in [0.29, 0.717) is 24.7 Å². The molecule has 1 aliphatic rings. The Morgan fingerprint density at radius 1 is 1.25 bits per heavy atom. The lowest BCUT2D eigenvalue weighted by atomic mass is 10.2. The lowest BCUT2D eigenvalue weighted by Crippen LogP contribution is -2.16. The van der Waals surface area contributed by atoms with Crippen molar-refractivity contribution < 1.29 is 14.5 Å². The van der Waals surface area contributed by atoms with Gasteiger partial charge in [-0.3, -0.25) is 0 Å². The number of hydrogen-bond acceptors (Lipinski definition) is 4. The molecule has 0 radical (unpaired) electrons. The van der Waals surface area contributed by atoms with Gasteiger partial charge < -0.3 is 10.1 Å². The highest BCUT2D eigenvalue weighted by molar-refractivity contribution is 7.68. The Morgan fingerprint density at radius 2 is 2.00 bits per heavy atom. The maximum Gasteiger partial charge on any atom is 0.336 e. The predicted molar refractivity (Wildman–Crippen MR) is 82.7 cm³/mol. The van der Waals surface area contributed by atoms with Gasteiger partial charge in [-0.15, -0.1) is 0 Å². The van der Waals surface area contributed by atoms with Crippen LogP contribution in [0.1, 0.15) is 18.4 Å². The summed E-state index contributed by atoms with van der Waals surface area (Å²) < 4.78 is 5.23. The van der Waals surface area contributed by atoms with Gasteiger partial charge in [0.15, 0.2) is 0 Å². The molecule has 1 aliphatic heterocycles. The van der Waals surface area contributed by atoms with Crippen LogP contribution in [0, 0.1) is 0 Å². The first-order valence-corrected chi connectivity index (χ1v) is 8.96. The number of benzene rings is 1. The van der Waals surface area contributed by atoms with E-state index in [4.69, 9.17) is 16.3 Å². The molecule has 0 aliphatic carbocycles. The molecule has 0 fully saturated rings. The van der Waals surface area contributed by atoms with Gasteiger partial charge in [0, 0.05) is 24.1 Å². The number of rotatable bonds is 7. The number of halogens is 1. The standard InChI is InChI=1S/C14H20ClNO3P/c15-13-6-4-12(5-7-13)11-16-8-2-10-20(17,18)14-3-1-9-19-14/h3-7,16-18H,1-2,8-11H2/q+1. The molecular formula is C14H20ClNO3P+. The van der Waals surface area contributed by atoms with E-state index in [1.165, 1.54) is 0 Å². The van der Waals surface area contributed by atoms with Gasteiger partial charge >= 0.3 is 7.72 Å². The fourth-order valence-electron chi connectivity index (χ4n) is 2.02. The predicted octanol–water partition coefficient (Wildman–Crippen LogP) is 2.91. The summed E-state index contributed by atoms with van der Waals surface area (Å²) in [6.45, 7) is 2.05. The molecule has 0 spiro atoms. The Kier molecular flexibility index (Phi) is 5.82. The molecule has 1 heterocycles. The third kappa shape index (κ3) is 4.72. The van der Waals surface area contributed by atoms with Crippen molar-refractivity contribution in [3.63, 3.8) is 0 Å². The summed E-state index contributed by atoms with van der Waals surface area (Å²) in [7, 11) is -3.03. The van der Waals surface area contributed by atoms with Gasteiger partial charge in [0.2, 0.25) is 0 Å². The molecule has 2 rings (SSSR count). The monoisotopic (exact) mass is 316 g/mol. The third-order valence-corrected chi connectivity index (χ3v) is 5.31. The van der Waals surface area contributed by atoms with E-state index in [2.05, 4.69) is 5.32 Å². The molecular weight excluding hydrogens is 297 g/mol. The maximum atomic E-state index is 9.99. The second-order valence-electron chi connectivity index (χ2n) is 4.79. The SMILES string of the molecule is O[P+](O)(CCCNCc1ccc(Cl)cc1)C1=CCCO1. The Hall–Kier alpha value is -0.640. The van der Waals surface area contributed by atoms with Crippen LogP contribution in [-0.2, 0) is 11.3 Å². The Balaban J connectivity index is 1.65. The van der Waals surface area contributed by atoms with Crippen LogP contribution in [0.25, 0.3) is 0 Å². The fraction of sp³-hybridized carbons (Fsp3) is 0.429. The highest BCUT2D eigenvalue weighted by Crippen LogP contribution is 2.59. The van der Waals surface area contributed by atoms with E-state index in [9.17, 15) is 9.79 Å². The highest BCUT2D eigenvalue weighted by Gasteiger charge is 2.42. The minimum atomic E-state index is -3.03. The zero-order valence-corrected chi connectivity index (χ0v) is 12.9. The third-order valence-electron chi connectivity index (χ3n) is 3.11. The molecule has 0 atom stereocenters. The van der Waals surface area contributed by atoms with Gasteiger partial charge in [-0.1, -0.05) is 23.7 Å². The van der Waals surface area contributed by atoms with Crippen molar-refractivity contribution in [2.24, 2.45) is 0 Å². The summed E-state index contributed by atoms with van der Waals surface area (Å²) in [5.41, 5.74) is 1.56. The van der Waals surface area contributed by atoms with Gasteiger partial charge in [-0.2, -0.15) is 0 Å². The van der Waals surface area contributed by atoms with Gasteiger partial charge in [-0.25, -0.2) is 9.79 Å². The second-order valence-corrected chi connectivity index (χ2v) is 7.58. The molecule has 0 aromatic heterocycles. The smallest absolute Gasteiger partial charge is 0.336 e. The van der Waals surface area contributed by atoms with Crippen molar-refractivity contribution in [1.29, 1.82) is 0 Å². The molecule has 0 saturated heterocycles. The summed E-state index contributed by atoms with van der Waals surface area (Å²) in [6, 6.07) is 7.67. The summed E-state index contributed by atoms with van der Waals surface area (Å²) in [4.78, 5) is 20.0. The first-order chi connectivity index (χ1) is 9.58. The molecule has 0 amide bonds. The van der Waals surface area contributed by atoms with E-state index in [1.54, 1.807) is 6.08 Å². The normalized spacial score (nSPS) is 15.1. The second kappa shape index (κ2) is 7.39. The topological polar surface area (TPSA) is 61.7 Å². The molecule has 4 nitrogen and oxygen atoms in total. The van der Waals surface area contributed by atoms with Crippen molar-refractivity contribution >= 4 is 19.3 Å². The van der Waals surface area contributed by atoms with Crippen LogP contribution < -0.4 is 5.32 Å². The first-order valence-electron chi connectivity index (χ1n) is 6.70. The molecule has 0 unspecified atom stereocenters. The average molecular weight is 317 g/mol. The van der Waals surface area contributed by atoms with Gasteiger partial charge in [0.1, 0.15) is 6.16 Å². The fourth-order valence-corrected chi connectivity index (χ4v) is 3.69. The van der Waals surface area contributed by atoms with E-state index in [0.717, 1.165) is 30.1 Å². The number of hydrogen-bond donors (Lipinski definition) is 3. The van der Waals surface area contributed by atoms with E-state index in [-0.39, 0.29) is 0 Å². The molecule has 20 heavy (non-hydrogen) atoms. The van der Waals surface area contributed by atoms with Gasteiger partial charge in [0.25, 0.3) is 5.50 Å². The van der Waals surface area contributed by atoms with Crippen LogP contribution in [0.4, 0.5) is 0 Å². The van der Waals surface area contributed by atoms with Gasteiger partial charge in [0.05, 0.1) is 6.61 Å². The lowest BCUT2D eigenvalue weighted by molar-refractivity contribution is 0.252. The minimum absolute atomic E-state index is 0.368. The van der Waals surface area contributed by atoms with Crippen LogP contribution in [0.3, 0.4) is 0 Å². The van der Waals surface area contributed by atoms with Crippen molar-refractivity contribution in [2.45, 2.75) is 19.4 Å². The molecule has 110 valence electrons. The summed E-state index contributed by atoms with van der Waals surface area (Å²) >= 11 is 5.82. The Morgan fingerprint density at radius 3 is 2.65 bits per heavy atom. The van der Waals surface area contributed by atoms with Gasteiger partial charge in [-0.05, 0) is 30.7 Å². The number of nitrogens with one attached hydrogen (secondary N) is 1. The van der Waals surface area contributed by atoms with Crippen LogP contribution in [0.15, 0.2) is 35.8 Å². The maximum absolute atomic E-state index is 9.99. The van der Waals surface area contributed by atoms with E-state index in [1.807, 2.05) is 24.3 Å². The van der Waals surface area contributed by atoms with Crippen LogP contribution in [0.2, 0.25) is 5.02 Å². The summed E-state index contributed by atoms with van der Waals surface area (Å²) in [5, 5.41) is 4.01. The zero-order valence-electron chi connectivity index (χ0n) is 11.3. The highest BCUT2D eigenvalue weighted by atomic mass is 35.5. The van der Waals surface area contributed by atoms with Crippen molar-refractivity contribution in [1.82, 2.24) is 5.32 Å². The minimum Gasteiger partial charge on any atom is -0.462 e. The zero-order chi connectivity index (χ0) is 14.4. The van der Waals surface area contributed by atoms with Crippen LogP contribution >= 0.6 is 19.3 Å². The number of ether oxygens (including phenoxy) is 1. The van der Waals surface area contributed by atoms with Crippen molar-refractivity contribution in [2.75, 3.05) is 19.3 Å². The van der Waals surface area contributed by atoms with Crippen molar-refractivity contribution in [3.8, 4) is 0 Å². The summed E-state index contributed by atoms with van der Waals surface area (Å²) in [5.74, 6) is 0. The van der Waals surface area contributed by atoms with Crippen molar-refractivity contribution in [3.05, 3.63) is 46.4 Å². The first kappa shape index (κ1) is 15.7. The largest absolute Gasteiger partial charge is 0.462 e. The Bertz CT molecular complexity index is 462. The molecule has 6 heteroatoms. The molecule has 0 bridgehead atoms. The lowest BCUT2D eigenvalue weighted by Gasteiger charge is -2.12. The quantitative estimate of drug-likeness (QED) is 0.535. The van der Waals surface area contributed by atoms with E-state index < -0.39 is 7.72 Å². The Labute approximate surface area is 124 Å². The van der Waals surface area contributed by atoms with Crippen LogP contribution in [-0.4, -0.2) is 29.1 Å². The molecule has 1 aromatic carbocycles. The molecule has 1 aromatic rings. The molecule has 0 saturated carbocycles. The average Bonchev–Trinajstić information content (AvgIpc) is 2.95. The van der Waals surface area contributed by atoms with E-state index >= 15 is 0 Å². The van der Waals surface area contributed by atoms with Crippen LogP contribution in [0.5, 0.6) is 0 Å².